The van der Waals surface area contributed by atoms with Crippen LogP contribution in [0.5, 0.6) is 0 Å². The third-order valence-corrected chi connectivity index (χ3v) is 14.0. The molecule has 1 heterocycles. The van der Waals surface area contributed by atoms with Crippen molar-refractivity contribution in [3.05, 3.63) is 48.5 Å². The molecular formula is C40H52B2S. The first kappa shape index (κ1) is 28.8. The van der Waals surface area contributed by atoms with Gasteiger partial charge >= 0.3 is 0 Å². The molecule has 224 valence electrons. The van der Waals surface area contributed by atoms with Crippen LogP contribution in [0.1, 0.15) is 128 Å². The van der Waals surface area contributed by atoms with E-state index in [2.05, 4.69) is 60.3 Å². The first-order valence-corrected chi connectivity index (χ1v) is 19.5. The highest BCUT2D eigenvalue weighted by atomic mass is 32.2. The Hall–Kier alpha value is -1.60. The fourth-order valence-corrected chi connectivity index (χ4v) is 12.2. The standard InChI is InChI=1S/C40H52B2S/c1-5-14-29(15-6-1)41(30-16-7-2-8-17-30)33-24-25-34-35-26-27-37(36-22-13-23-38(40(35)36)43-39(34)28-33)42(31-18-9-3-10-19-31)32-20-11-4-12-21-32/h13,22-32H,1-12,14-21H2. The van der Waals surface area contributed by atoms with Gasteiger partial charge in [0.1, 0.15) is 0 Å². The minimum atomic E-state index is 0.755. The maximum absolute atomic E-state index is 2.68. The van der Waals surface area contributed by atoms with Gasteiger partial charge in [0.25, 0.3) is 0 Å². The van der Waals surface area contributed by atoms with E-state index in [1.807, 2.05) is 0 Å². The van der Waals surface area contributed by atoms with Crippen LogP contribution >= 0.6 is 11.8 Å². The molecule has 3 heteroatoms. The van der Waals surface area contributed by atoms with Gasteiger partial charge in [-0.3, -0.25) is 0 Å². The highest BCUT2D eigenvalue weighted by Crippen LogP contribution is 2.49. The summed E-state index contributed by atoms with van der Waals surface area (Å²) < 4.78 is 0. The molecule has 0 N–H and O–H groups in total. The predicted molar refractivity (Wildman–Crippen MR) is 192 cm³/mol. The van der Waals surface area contributed by atoms with E-state index in [-0.39, 0.29) is 0 Å². The van der Waals surface area contributed by atoms with Gasteiger partial charge in [-0.1, -0.05) is 217 Å². The maximum Gasteiger partial charge on any atom is 0.183 e. The van der Waals surface area contributed by atoms with Gasteiger partial charge < -0.3 is 0 Å². The molecule has 0 spiro atoms. The Labute approximate surface area is 267 Å². The van der Waals surface area contributed by atoms with Crippen LogP contribution in [0.2, 0.25) is 23.3 Å². The zero-order valence-electron chi connectivity index (χ0n) is 26.6. The molecule has 0 unspecified atom stereocenters. The quantitative estimate of drug-likeness (QED) is 0.203. The molecule has 1 aliphatic heterocycles. The highest BCUT2D eigenvalue weighted by molar-refractivity contribution is 7.99. The summed E-state index contributed by atoms with van der Waals surface area (Å²) in [6, 6.07) is 20.3. The Kier molecular flexibility index (Phi) is 8.73. The van der Waals surface area contributed by atoms with Gasteiger partial charge in [0.05, 0.1) is 0 Å². The van der Waals surface area contributed by atoms with Gasteiger partial charge in [-0.05, 0) is 22.6 Å². The SMILES string of the molecule is c1cc2c3c(ccc(B(C4CCCCC4)C4CCCCC4)c3c1)-c1ccc(B(C3CCCCC3)C3CCCCC3)cc1S2. The Morgan fingerprint density at radius 2 is 0.977 bits per heavy atom. The molecule has 4 aliphatic carbocycles. The van der Waals surface area contributed by atoms with E-state index in [0.29, 0.717) is 0 Å². The van der Waals surface area contributed by atoms with Crippen LogP contribution in [0.3, 0.4) is 0 Å². The molecule has 4 saturated carbocycles. The minimum Gasteiger partial charge on any atom is -0.0888 e. The summed E-state index contributed by atoms with van der Waals surface area (Å²) in [6.07, 6.45) is 29.1. The lowest BCUT2D eigenvalue weighted by atomic mass is 9.27. The number of rotatable bonds is 6. The molecule has 3 aromatic rings. The normalized spacial score (nSPS) is 22.4. The summed E-state index contributed by atoms with van der Waals surface area (Å²) in [5.41, 5.74) is 6.39. The lowest BCUT2D eigenvalue weighted by molar-refractivity contribution is 0.465. The first-order valence-electron chi connectivity index (χ1n) is 18.7. The average Bonchev–Trinajstić information content (AvgIpc) is 3.08. The van der Waals surface area contributed by atoms with Gasteiger partial charge in [0.15, 0.2) is 13.4 Å². The second-order valence-electron chi connectivity index (χ2n) is 15.4. The molecule has 0 radical (unpaired) electrons. The Bertz CT molecular complexity index is 1370. The van der Waals surface area contributed by atoms with Crippen LogP contribution in [-0.2, 0) is 0 Å². The monoisotopic (exact) mass is 586 g/mol. The lowest BCUT2D eigenvalue weighted by Gasteiger charge is -2.37. The third kappa shape index (κ3) is 5.68. The van der Waals surface area contributed by atoms with Crippen LogP contribution in [0, 0.1) is 0 Å². The van der Waals surface area contributed by atoms with Gasteiger partial charge in [-0.15, -0.1) is 0 Å². The first-order chi connectivity index (χ1) is 21.3. The highest BCUT2D eigenvalue weighted by Gasteiger charge is 2.39. The lowest BCUT2D eigenvalue weighted by Crippen LogP contribution is -2.42. The van der Waals surface area contributed by atoms with Crippen molar-refractivity contribution >= 4 is 46.9 Å². The van der Waals surface area contributed by atoms with Crippen molar-refractivity contribution in [3.8, 4) is 11.1 Å². The van der Waals surface area contributed by atoms with E-state index in [9.17, 15) is 0 Å². The zero-order chi connectivity index (χ0) is 28.6. The minimum absolute atomic E-state index is 0.755. The van der Waals surface area contributed by atoms with Crippen LogP contribution in [-0.4, -0.2) is 13.4 Å². The van der Waals surface area contributed by atoms with E-state index in [4.69, 9.17) is 0 Å². The Morgan fingerprint density at radius 1 is 0.465 bits per heavy atom. The van der Waals surface area contributed by atoms with Crippen molar-refractivity contribution in [3.63, 3.8) is 0 Å². The molecule has 4 fully saturated rings. The van der Waals surface area contributed by atoms with E-state index in [0.717, 1.165) is 36.7 Å². The fraction of sp³-hybridized carbons (Fsp3) is 0.600. The molecule has 43 heavy (non-hydrogen) atoms. The second kappa shape index (κ2) is 13.0. The van der Waals surface area contributed by atoms with E-state index in [1.54, 1.807) is 21.7 Å². The van der Waals surface area contributed by atoms with Gasteiger partial charge in [0, 0.05) is 15.2 Å². The molecule has 0 saturated heterocycles. The summed E-state index contributed by atoms with van der Waals surface area (Å²) in [5, 5.41) is 3.15. The van der Waals surface area contributed by atoms with Gasteiger partial charge in [-0.2, -0.15) is 0 Å². The summed E-state index contributed by atoms with van der Waals surface area (Å²) in [5.74, 6) is 3.57. The summed E-state index contributed by atoms with van der Waals surface area (Å²) >= 11 is 2.09. The van der Waals surface area contributed by atoms with E-state index in [1.165, 1.54) is 149 Å². The average molecular weight is 587 g/mol. The number of hydrogen-bond donors (Lipinski definition) is 0. The molecule has 8 rings (SSSR count). The van der Waals surface area contributed by atoms with Gasteiger partial charge in [0.2, 0.25) is 0 Å². The largest absolute Gasteiger partial charge is 0.183 e. The molecule has 5 aliphatic rings. The van der Waals surface area contributed by atoms with E-state index >= 15 is 0 Å². The molecule has 0 bridgehead atoms. The second-order valence-corrected chi connectivity index (χ2v) is 16.5. The van der Waals surface area contributed by atoms with Crippen molar-refractivity contribution in [2.24, 2.45) is 0 Å². The van der Waals surface area contributed by atoms with Crippen LogP contribution in [0.15, 0.2) is 58.3 Å². The van der Waals surface area contributed by atoms with Crippen LogP contribution in [0.4, 0.5) is 0 Å². The van der Waals surface area contributed by atoms with Crippen molar-refractivity contribution in [2.45, 2.75) is 161 Å². The predicted octanol–water partition coefficient (Wildman–Crippen LogP) is 11.7. The molecule has 0 aromatic heterocycles. The topological polar surface area (TPSA) is 0 Å². The maximum atomic E-state index is 2.68. The Morgan fingerprint density at radius 3 is 1.53 bits per heavy atom. The molecule has 0 amide bonds. The zero-order valence-corrected chi connectivity index (χ0v) is 27.4. The smallest absolute Gasteiger partial charge is 0.0888 e. The van der Waals surface area contributed by atoms with Crippen molar-refractivity contribution in [1.29, 1.82) is 0 Å². The molecule has 0 nitrogen and oxygen atoms in total. The number of benzene rings is 3. The van der Waals surface area contributed by atoms with Crippen molar-refractivity contribution in [1.82, 2.24) is 0 Å². The van der Waals surface area contributed by atoms with Crippen molar-refractivity contribution in [2.75, 3.05) is 0 Å². The number of fused-ring (bicyclic) bond motifs is 2. The van der Waals surface area contributed by atoms with Crippen LogP contribution < -0.4 is 10.9 Å². The van der Waals surface area contributed by atoms with E-state index < -0.39 is 0 Å². The summed E-state index contributed by atoms with van der Waals surface area (Å²) in [4.78, 5) is 3.04. The number of hydrogen-bond acceptors (Lipinski definition) is 1. The Balaban J connectivity index is 1.18. The van der Waals surface area contributed by atoms with Gasteiger partial charge in [-0.25, -0.2) is 0 Å². The van der Waals surface area contributed by atoms with Crippen molar-refractivity contribution < 1.29 is 0 Å². The van der Waals surface area contributed by atoms with Crippen LogP contribution in [0.25, 0.3) is 21.9 Å². The summed E-state index contributed by atoms with van der Waals surface area (Å²) in [6.45, 7) is 1.53. The third-order valence-electron chi connectivity index (χ3n) is 12.9. The molecule has 0 atom stereocenters. The fourth-order valence-electron chi connectivity index (χ4n) is 11.0. The molecule has 3 aromatic carbocycles. The molecular weight excluding hydrogens is 534 g/mol. The summed E-state index contributed by atoms with van der Waals surface area (Å²) in [7, 11) is 0.